The molecular weight excluding hydrogens is 564 g/mol. The number of hydrogen-bond acceptors (Lipinski definition) is 5. The first-order chi connectivity index (χ1) is 21.4. The fraction of sp³-hybridized carbons (Fsp3) is 0.308. The normalized spacial score (nSPS) is 12.8. The van der Waals surface area contributed by atoms with Crippen LogP contribution in [0.25, 0.3) is 11.1 Å². The summed E-state index contributed by atoms with van der Waals surface area (Å²) in [5.74, 6) is -1.42. The van der Waals surface area contributed by atoms with E-state index in [4.69, 9.17) is 4.74 Å². The van der Waals surface area contributed by atoms with E-state index in [9.17, 15) is 14.4 Å². The van der Waals surface area contributed by atoms with Crippen LogP contribution in [0.1, 0.15) is 103 Å². The van der Waals surface area contributed by atoms with Crippen LogP contribution in [0.5, 0.6) is 0 Å². The van der Waals surface area contributed by atoms with Gasteiger partial charge in [0.25, 0.3) is 5.78 Å². The monoisotopic (exact) mass is 604 g/mol. The first-order valence-electron chi connectivity index (χ1n) is 15.8. The van der Waals surface area contributed by atoms with E-state index in [2.05, 4.69) is 38.1 Å². The Balaban J connectivity index is 1.51. The van der Waals surface area contributed by atoms with Gasteiger partial charge in [-0.2, -0.15) is 0 Å². The molecule has 5 rings (SSSR count). The van der Waals surface area contributed by atoms with E-state index in [1.54, 1.807) is 17.8 Å². The second kappa shape index (κ2) is 14.2. The van der Waals surface area contributed by atoms with Gasteiger partial charge in [0.15, 0.2) is 5.78 Å². The number of carbonyl (C=O) groups is 3. The van der Waals surface area contributed by atoms with E-state index in [0.717, 1.165) is 70.6 Å². The van der Waals surface area contributed by atoms with Crippen LogP contribution in [-0.2, 0) is 14.9 Å². The quantitative estimate of drug-likeness (QED) is 0.0814. The van der Waals surface area contributed by atoms with Crippen molar-refractivity contribution < 1.29 is 19.1 Å². The van der Waals surface area contributed by atoms with E-state index in [-0.39, 0.29) is 17.8 Å². The summed E-state index contributed by atoms with van der Waals surface area (Å²) in [6.45, 7) is 6.50. The molecule has 0 fully saturated rings. The minimum absolute atomic E-state index is 0.00515. The smallest absolute Gasteiger partial charge is 0.379 e. The van der Waals surface area contributed by atoms with Crippen molar-refractivity contribution in [3.05, 3.63) is 119 Å². The number of fused-ring (bicyclic) bond motifs is 3. The Morgan fingerprint density at radius 3 is 1.77 bits per heavy atom. The number of rotatable bonds is 14. The molecule has 1 aliphatic carbocycles. The molecule has 0 saturated carbocycles. The fourth-order valence-electron chi connectivity index (χ4n) is 6.24. The zero-order valence-corrected chi connectivity index (χ0v) is 26.7. The molecule has 4 aromatic carbocycles. The number of hydrogen-bond donors (Lipinski definition) is 0. The summed E-state index contributed by atoms with van der Waals surface area (Å²) in [7, 11) is 0. The topological polar surface area (TPSA) is 60.4 Å². The fourth-order valence-corrected chi connectivity index (χ4v) is 7.08. The third-order valence-corrected chi connectivity index (χ3v) is 9.53. The maximum absolute atomic E-state index is 13.8. The highest BCUT2D eigenvalue weighted by Gasteiger charge is 2.43. The lowest BCUT2D eigenvalue weighted by atomic mass is 9.70. The number of ketones is 2. The predicted octanol–water partition coefficient (Wildman–Crippen LogP) is 9.85. The van der Waals surface area contributed by atoms with E-state index in [0.29, 0.717) is 23.1 Å². The summed E-state index contributed by atoms with van der Waals surface area (Å²) in [5, 5.41) is 0. The van der Waals surface area contributed by atoms with Crippen molar-refractivity contribution in [1.29, 1.82) is 0 Å². The number of esters is 1. The van der Waals surface area contributed by atoms with Crippen molar-refractivity contribution in [2.45, 2.75) is 80.9 Å². The Morgan fingerprint density at radius 1 is 0.636 bits per heavy atom. The first kappa shape index (κ1) is 31.5. The Hall–Kier alpha value is -3.96. The average Bonchev–Trinajstić information content (AvgIpc) is 3.33. The van der Waals surface area contributed by atoms with Crippen LogP contribution in [-0.4, -0.2) is 24.1 Å². The number of carbonyl (C=O) groups excluding carboxylic acids is 3. The Kier molecular flexibility index (Phi) is 10.2. The molecule has 5 heteroatoms. The maximum atomic E-state index is 13.8. The molecule has 226 valence electrons. The third-order valence-electron chi connectivity index (χ3n) is 8.52. The highest BCUT2D eigenvalue weighted by Crippen LogP contribution is 2.54. The van der Waals surface area contributed by atoms with E-state index in [1.807, 2.05) is 67.6 Å². The molecule has 0 unspecified atom stereocenters. The zero-order valence-electron chi connectivity index (χ0n) is 25.9. The molecule has 0 bridgehead atoms. The summed E-state index contributed by atoms with van der Waals surface area (Å²) in [6.07, 6.45) is 6.57. The van der Waals surface area contributed by atoms with Crippen molar-refractivity contribution in [1.82, 2.24) is 0 Å². The van der Waals surface area contributed by atoms with Crippen molar-refractivity contribution >= 4 is 29.3 Å². The van der Waals surface area contributed by atoms with Crippen molar-refractivity contribution in [3.63, 3.8) is 0 Å². The van der Waals surface area contributed by atoms with Gasteiger partial charge in [0.05, 0.1) is 6.61 Å². The molecule has 0 atom stereocenters. The van der Waals surface area contributed by atoms with Gasteiger partial charge in [0.1, 0.15) is 0 Å². The highest BCUT2D eigenvalue weighted by atomic mass is 32.2. The molecule has 4 aromatic rings. The van der Waals surface area contributed by atoms with Crippen LogP contribution in [0.4, 0.5) is 0 Å². The van der Waals surface area contributed by atoms with Gasteiger partial charge in [-0.05, 0) is 90.0 Å². The predicted molar refractivity (Wildman–Crippen MR) is 178 cm³/mol. The number of benzene rings is 4. The summed E-state index contributed by atoms with van der Waals surface area (Å²) in [4.78, 5) is 41.6. The Bertz CT molecular complexity index is 1630. The molecule has 0 spiro atoms. The lowest BCUT2D eigenvalue weighted by Gasteiger charge is -2.33. The Morgan fingerprint density at radius 2 is 1.18 bits per heavy atom. The number of Topliss-reactive ketones (excluding diaryl/α,β-unsaturated/α-hetero) is 1. The zero-order chi connectivity index (χ0) is 31.1. The molecule has 0 radical (unpaired) electrons. The molecular formula is C39H40O4S. The molecule has 4 nitrogen and oxygen atoms in total. The van der Waals surface area contributed by atoms with Crippen LogP contribution < -0.4 is 0 Å². The second-order valence-corrected chi connectivity index (χ2v) is 12.7. The van der Waals surface area contributed by atoms with Crippen molar-refractivity contribution in [2.24, 2.45) is 0 Å². The van der Waals surface area contributed by atoms with Crippen LogP contribution in [0.15, 0.2) is 101 Å². The molecule has 0 aromatic heterocycles. The summed E-state index contributed by atoms with van der Waals surface area (Å²) in [6, 6.07) is 29.7. The molecule has 0 N–H and O–H groups in total. The molecule has 0 aliphatic heterocycles. The molecule has 0 amide bonds. The number of unbranched alkanes of at least 4 members (excludes halogenated alkanes) is 2. The first-order valence-corrected chi connectivity index (χ1v) is 16.6. The maximum Gasteiger partial charge on any atom is 0.379 e. The van der Waals surface area contributed by atoms with Crippen molar-refractivity contribution in [2.75, 3.05) is 6.61 Å². The summed E-state index contributed by atoms with van der Waals surface area (Å²) >= 11 is 1.67. The third kappa shape index (κ3) is 6.44. The lowest BCUT2D eigenvalue weighted by Crippen LogP contribution is -2.26. The molecule has 44 heavy (non-hydrogen) atoms. The van der Waals surface area contributed by atoms with Gasteiger partial charge in [-0.25, -0.2) is 4.79 Å². The van der Waals surface area contributed by atoms with Gasteiger partial charge < -0.3 is 4.74 Å². The lowest BCUT2D eigenvalue weighted by molar-refractivity contribution is -0.138. The van der Waals surface area contributed by atoms with Gasteiger partial charge in [-0.3, -0.25) is 9.59 Å². The summed E-state index contributed by atoms with van der Waals surface area (Å²) < 4.78 is 5.16. The second-order valence-electron chi connectivity index (χ2n) is 11.5. The van der Waals surface area contributed by atoms with E-state index in [1.165, 1.54) is 0 Å². The van der Waals surface area contributed by atoms with Crippen LogP contribution in [0, 0.1) is 0 Å². The molecule has 0 heterocycles. The molecule has 1 aliphatic rings. The van der Waals surface area contributed by atoms with E-state index < -0.39 is 11.8 Å². The van der Waals surface area contributed by atoms with Gasteiger partial charge in [-0.1, -0.05) is 101 Å². The highest BCUT2D eigenvalue weighted by molar-refractivity contribution is 7.99. The minimum Gasteiger partial charge on any atom is -0.460 e. The number of ether oxygens (including phenoxy) is 1. The summed E-state index contributed by atoms with van der Waals surface area (Å²) in [5.41, 5.74) is 5.75. The van der Waals surface area contributed by atoms with Crippen molar-refractivity contribution in [3.8, 4) is 11.1 Å². The van der Waals surface area contributed by atoms with Crippen LogP contribution >= 0.6 is 11.8 Å². The van der Waals surface area contributed by atoms with Gasteiger partial charge >= 0.3 is 5.97 Å². The molecule has 0 saturated heterocycles. The van der Waals surface area contributed by atoms with E-state index >= 15 is 0 Å². The van der Waals surface area contributed by atoms with Gasteiger partial charge in [0, 0.05) is 31.9 Å². The minimum atomic E-state index is -0.809. The van der Waals surface area contributed by atoms with Gasteiger partial charge in [-0.15, -0.1) is 0 Å². The standard InChI is InChI=1S/C39H40O4S/c1-4-7-22-39(23-8-5-2)34-25-28(36(40)27-14-18-31(19-15-27)44-30-12-10-9-11-13-30)16-20-32(34)33-21-17-29(26-35(33)39)37(41)38(42)43-24-6-3/h9-21,25-26H,4-8,22-24H2,1-3H3. The average molecular weight is 605 g/mol. The Labute approximate surface area is 265 Å². The largest absolute Gasteiger partial charge is 0.460 e. The van der Waals surface area contributed by atoms with Gasteiger partial charge in [0.2, 0.25) is 0 Å². The SMILES string of the molecule is CCCCC1(CCCC)c2cc(C(=O)C(=O)OCCC)ccc2-c2ccc(C(=O)c3ccc(Sc4ccccc4)cc3)cc21. The van der Waals surface area contributed by atoms with Crippen LogP contribution in [0.2, 0.25) is 0 Å². The van der Waals surface area contributed by atoms with Crippen LogP contribution in [0.3, 0.4) is 0 Å².